The third kappa shape index (κ3) is 4.84. The lowest BCUT2D eigenvalue weighted by Crippen LogP contribution is -2.48. The van der Waals surface area contributed by atoms with Crippen molar-refractivity contribution < 1.29 is 0 Å². The van der Waals surface area contributed by atoms with E-state index in [-0.39, 0.29) is 5.54 Å². The van der Waals surface area contributed by atoms with Gasteiger partial charge in [0.05, 0.1) is 0 Å². The van der Waals surface area contributed by atoms with E-state index in [0.717, 1.165) is 38.0 Å². The molecule has 0 radical (unpaired) electrons. The Hall–Kier alpha value is -0.930. The third-order valence-corrected chi connectivity index (χ3v) is 3.47. The number of pyridine rings is 1. The Balaban J connectivity index is 2.37. The zero-order valence-electron chi connectivity index (χ0n) is 11.3. The van der Waals surface area contributed by atoms with Crippen LogP contribution < -0.4 is 5.73 Å². The van der Waals surface area contributed by atoms with Gasteiger partial charge in [0.2, 0.25) is 0 Å². The molecule has 0 amide bonds. The first-order valence-corrected chi connectivity index (χ1v) is 6.47. The minimum absolute atomic E-state index is 0.0428. The fourth-order valence-electron chi connectivity index (χ4n) is 1.94. The molecular formula is C14H25N3. The molecule has 0 aliphatic heterocycles. The minimum atomic E-state index is -0.0428. The first kappa shape index (κ1) is 14.1. The van der Waals surface area contributed by atoms with Crippen molar-refractivity contribution in [2.24, 2.45) is 5.73 Å². The second kappa shape index (κ2) is 6.72. The van der Waals surface area contributed by atoms with Gasteiger partial charge in [0, 0.05) is 36.9 Å². The Morgan fingerprint density at radius 2 is 2.00 bits per heavy atom. The maximum absolute atomic E-state index is 6.31. The smallest absolute Gasteiger partial charge is 0.0416 e. The molecule has 0 fully saturated rings. The maximum Gasteiger partial charge on any atom is 0.0416 e. The molecule has 0 saturated carbocycles. The van der Waals surface area contributed by atoms with Crippen molar-refractivity contribution in [2.75, 3.05) is 20.1 Å². The number of rotatable bonds is 7. The summed E-state index contributed by atoms with van der Waals surface area (Å²) in [5, 5.41) is 0. The molecule has 1 rings (SSSR count). The summed E-state index contributed by atoms with van der Waals surface area (Å²) < 4.78 is 0. The van der Waals surface area contributed by atoms with Gasteiger partial charge >= 0.3 is 0 Å². The molecule has 0 aliphatic carbocycles. The van der Waals surface area contributed by atoms with Crippen LogP contribution in [0.1, 0.15) is 32.4 Å². The molecule has 2 N–H and O–H groups in total. The van der Waals surface area contributed by atoms with E-state index in [1.807, 2.05) is 18.3 Å². The van der Waals surface area contributed by atoms with Crippen molar-refractivity contribution in [3.8, 4) is 0 Å². The van der Waals surface area contributed by atoms with Gasteiger partial charge in [0.25, 0.3) is 0 Å². The number of hydrogen-bond acceptors (Lipinski definition) is 3. The highest BCUT2D eigenvalue weighted by Gasteiger charge is 2.21. The van der Waals surface area contributed by atoms with Crippen LogP contribution >= 0.6 is 0 Å². The van der Waals surface area contributed by atoms with Crippen LogP contribution in [0.5, 0.6) is 0 Å². The van der Waals surface area contributed by atoms with Crippen molar-refractivity contribution in [3.05, 3.63) is 30.1 Å². The summed E-state index contributed by atoms with van der Waals surface area (Å²) in [5.74, 6) is 0. The van der Waals surface area contributed by atoms with Crippen molar-refractivity contribution in [2.45, 2.75) is 38.6 Å². The standard InChI is InChI=1S/C14H25N3/c1-4-14(15,5-2)12-17(3)11-9-13-8-6-7-10-16-13/h6-8,10H,4-5,9,11-12,15H2,1-3H3. The van der Waals surface area contributed by atoms with Crippen LogP contribution in [-0.4, -0.2) is 35.6 Å². The van der Waals surface area contributed by atoms with Crippen LogP contribution in [0.3, 0.4) is 0 Å². The van der Waals surface area contributed by atoms with Crippen LogP contribution in [0.25, 0.3) is 0 Å². The highest BCUT2D eigenvalue weighted by Crippen LogP contribution is 2.12. The van der Waals surface area contributed by atoms with Gasteiger partial charge in [0.15, 0.2) is 0 Å². The summed E-state index contributed by atoms with van der Waals surface area (Å²) in [6.07, 6.45) is 4.89. The summed E-state index contributed by atoms with van der Waals surface area (Å²) in [6.45, 7) is 6.29. The first-order valence-electron chi connectivity index (χ1n) is 6.47. The fraction of sp³-hybridized carbons (Fsp3) is 0.643. The first-order chi connectivity index (χ1) is 8.09. The molecule has 0 atom stereocenters. The second-order valence-electron chi connectivity index (χ2n) is 4.88. The Labute approximate surface area is 105 Å². The quantitative estimate of drug-likeness (QED) is 0.786. The van der Waals surface area contributed by atoms with Gasteiger partial charge < -0.3 is 10.6 Å². The molecule has 1 aromatic heterocycles. The molecular weight excluding hydrogens is 210 g/mol. The summed E-state index contributed by atoms with van der Waals surface area (Å²) >= 11 is 0. The van der Waals surface area contributed by atoms with Crippen molar-refractivity contribution >= 4 is 0 Å². The lowest BCUT2D eigenvalue weighted by molar-refractivity contribution is 0.235. The van der Waals surface area contributed by atoms with E-state index in [2.05, 4.69) is 36.8 Å². The molecule has 0 unspecified atom stereocenters. The molecule has 3 nitrogen and oxygen atoms in total. The number of aromatic nitrogens is 1. The fourth-order valence-corrected chi connectivity index (χ4v) is 1.94. The van der Waals surface area contributed by atoms with Gasteiger partial charge in [-0.2, -0.15) is 0 Å². The minimum Gasteiger partial charge on any atom is -0.324 e. The number of likely N-dealkylation sites (N-methyl/N-ethyl adjacent to an activating group) is 1. The molecule has 17 heavy (non-hydrogen) atoms. The second-order valence-corrected chi connectivity index (χ2v) is 4.88. The van der Waals surface area contributed by atoms with Crippen molar-refractivity contribution in [1.29, 1.82) is 0 Å². The number of nitrogens with two attached hydrogens (primary N) is 1. The lowest BCUT2D eigenvalue weighted by Gasteiger charge is -2.31. The normalized spacial score (nSPS) is 12.1. The monoisotopic (exact) mass is 235 g/mol. The largest absolute Gasteiger partial charge is 0.324 e. The molecule has 0 bridgehead atoms. The van der Waals surface area contributed by atoms with E-state index in [4.69, 9.17) is 5.73 Å². The van der Waals surface area contributed by atoms with E-state index in [1.165, 1.54) is 0 Å². The van der Waals surface area contributed by atoms with Crippen LogP contribution in [-0.2, 0) is 6.42 Å². The Morgan fingerprint density at radius 3 is 2.53 bits per heavy atom. The van der Waals surface area contributed by atoms with E-state index in [1.54, 1.807) is 0 Å². The average molecular weight is 235 g/mol. The van der Waals surface area contributed by atoms with Gasteiger partial charge in [-0.05, 0) is 32.0 Å². The molecule has 0 aromatic carbocycles. The molecule has 3 heteroatoms. The van der Waals surface area contributed by atoms with Crippen LogP contribution in [0.2, 0.25) is 0 Å². The van der Waals surface area contributed by atoms with Gasteiger partial charge in [-0.3, -0.25) is 4.98 Å². The van der Waals surface area contributed by atoms with Gasteiger partial charge in [-0.15, -0.1) is 0 Å². The summed E-state index contributed by atoms with van der Waals surface area (Å²) in [7, 11) is 2.13. The highest BCUT2D eigenvalue weighted by atomic mass is 15.1. The number of hydrogen-bond donors (Lipinski definition) is 1. The van der Waals surface area contributed by atoms with Crippen molar-refractivity contribution in [1.82, 2.24) is 9.88 Å². The number of nitrogens with zero attached hydrogens (tertiary/aromatic N) is 2. The van der Waals surface area contributed by atoms with Gasteiger partial charge in [-0.25, -0.2) is 0 Å². The zero-order chi connectivity index (χ0) is 12.7. The maximum atomic E-state index is 6.31. The predicted octanol–water partition coefficient (Wildman–Crippen LogP) is 2.07. The molecule has 0 aliphatic rings. The molecule has 1 aromatic rings. The Kier molecular flexibility index (Phi) is 5.59. The third-order valence-electron chi connectivity index (χ3n) is 3.47. The molecule has 1 heterocycles. The average Bonchev–Trinajstić information content (AvgIpc) is 2.37. The predicted molar refractivity (Wildman–Crippen MR) is 72.9 cm³/mol. The van der Waals surface area contributed by atoms with Crippen LogP contribution in [0, 0.1) is 0 Å². The summed E-state index contributed by atoms with van der Waals surface area (Å²) in [4.78, 5) is 6.64. The summed E-state index contributed by atoms with van der Waals surface area (Å²) in [6, 6.07) is 6.06. The molecule has 96 valence electrons. The van der Waals surface area contributed by atoms with Crippen LogP contribution in [0.15, 0.2) is 24.4 Å². The van der Waals surface area contributed by atoms with Gasteiger partial charge in [0.1, 0.15) is 0 Å². The highest BCUT2D eigenvalue weighted by molar-refractivity contribution is 5.03. The molecule has 0 saturated heterocycles. The van der Waals surface area contributed by atoms with E-state index >= 15 is 0 Å². The van der Waals surface area contributed by atoms with E-state index in [9.17, 15) is 0 Å². The van der Waals surface area contributed by atoms with Crippen LogP contribution in [0.4, 0.5) is 0 Å². The van der Waals surface area contributed by atoms with E-state index < -0.39 is 0 Å². The van der Waals surface area contributed by atoms with E-state index in [0.29, 0.717) is 0 Å². The Bertz CT molecular complexity index is 307. The lowest BCUT2D eigenvalue weighted by atomic mass is 9.93. The van der Waals surface area contributed by atoms with Gasteiger partial charge in [-0.1, -0.05) is 19.9 Å². The topological polar surface area (TPSA) is 42.1 Å². The molecule has 0 spiro atoms. The SMILES string of the molecule is CCC(N)(CC)CN(C)CCc1ccccn1. The zero-order valence-corrected chi connectivity index (χ0v) is 11.3. The van der Waals surface area contributed by atoms with Crippen molar-refractivity contribution in [3.63, 3.8) is 0 Å². The summed E-state index contributed by atoms with van der Waals surface area (Å²) in [5.41, 5.74) is 7.41. The Morgan fingerprint density at radius 1 is 1.29 bits per heavy atom.